The molecule has 152 valence electrons. The Labute approximate surface area is 168 Å². The molecule has 0 bridgehead atoms. The number of methoxy groups -OCH3 is 1. The zero-order chi connectivity index (χ0) is 20.8. The van der Waals surface area contributed by atoms with Gasteiger partial charge < -0.3 is 9.47 Å². The van der Waals surface area contributed by atoms with Gasteiger partial charge in [-0.1, -0.05) is 42.5 Å². The van der Waals surface area contributed by atoms with Crippen LogP contribution in [-0.2, 0) is 24.2 Å². The average molecular weight is 400 g/mol. The number of hydrogen-bond acceptors (Lipinski definition) is 2. The molecular formula is C24H23F3O2. The summed E-state index contributed by atoms with van der Waals surface area (Å²) < 4.78 is 52.2. The van der Waals surface area contributed by atoms with Gasteiger partial charge in [0.1, 0.15) is 5.82 Å². The van der Waals surface area contributed by atoms with Crippen LogP contribution in [0, 0.1) is 17.5 Å². The third-order valence-electron chi connectivity index (χ3n) is 4.83. The molecule has 0 fully saturated rings. The van der Waals surface area contributed by atoms with E-state index in [-0.39, 0.29) is 18.2 Å². The molecule has 0 atom stereocenters. The fraction of sp³-hybridized carbons (Fsp3) is 0.250. The summed E-state index contributed by atoms with van der Waals surface area (Å²) in [7, 11) is 1.30. The molecule has 0 saturated heterocycles. The van der Waals surface area contributed by atoms with Crippen LogP contribution in [0.5, 0.6) is 5.75 Å². The van der Waals surface area contributed by atoms with Crippen LogP contribution in [-0.4, -0.2) is 13.7 Å². The maximum atomic E-state index is 14.2. The van der Waals surface area contributed by atoms with E-state index in [1.165, 1.54) is 25.3 Å². The molecule has 0 saturated carbocycles. The molecule has 3 aromatic carbocycles. The molecule has 0 heterocycles. The maximum absolute atomic E-state index is 14.2. The first-order chi connectivity index (χ1) is 14.0. The van der Waals surface area contributed by atoms with Gasteiger partial charge >= 0.3 is 0 Å². The summed E-state index contributed by atoms with van der Waals surface area (Å²) in [5.74, 6) is -2.23. The lowest BCUT2D eigenvalue weighted by Gasteiger charge is -2.09. The van der Waals surface area contributed by atoms with Gasteiger partial charge in [0.15, 0.2) is 11.6 Å². The van der Waals surface area contributed by atoms with E-state index >= 15 is 0 Å². The lowest BCUT2D eigenvalue weighted by molar-refractivity contribution is 0.131. The van der Waals surface area contributed by atoms with Gasteiger partial charge in [-0.05, 0) is 54.2 Å². The largest absolute Gasteiger partial charge is 0.494 e. The van der Waals surface area contributed by atoms with Crippen molar-refractivity contribution >= 4 is 0 Å². The molecule has 0 radical (unpaired) electrons. The fourth-order valence-electron chi connectivity index (χ4n) is 3.12. The lowest BCUT2D eigenvalue weighted by atomic mass is 9.99. The van der Waals surface area contributed by atoms with Crippen molar-refractivity contribution in [3.63, 3.8) is 0 Å². The quantitative estimate of drug-likeness (QED) is 0.455. The second kappa shape index (κ2) is 9.61. The third kappa shape index (κ3) is 4.98. The van der Waals surface area contributed by atoms with E-state index in [1.807, 2.05) is 37.3 Å². The normalized spacial score (nSPS) is 10.9. The number of benzene rings is 3. The van der Waals surface area contributed by atoms with Gasteiger partial charge in [0.25, 0.3) is 0 Å². The van der Waals surface area contributed by atoms with Crippen LogP contribution in [0.15, 0.2) is 54.6 Å². The van der Waals surface area contributed by atoms with Crippen molar-refractivity contribution in [1.29, 1.82) is 0 Å². The summed E-state index contributed by atoms with van der Waals surface area (Å²) >= 11 is 0. The minimum Gasteiger partial charge on any atom is -0.494 e. The van der Waals surface area contributed by atoms with Crippen LogP contribution in [0.3, 0.4) is 0 Å². The predicted molar refractivity (Wildman–Crippen MR) is 107 cm³/mol. The van der Waals surface area contributed by atoms with Crippen molar-refractivity contribution in [3.05, 3.63) is 88.7 Å². The molecule has 0 aliphatic carbocycles. The minimum absolute atomic E-state index is 0.102. The Balaban J connectivity index is 1.68. The summed E-state index contributed by atoms with van der Waals surface area (Å²) in [6, 6.07) is 15.7. The summed E-state index contributed by atoms with van der Waals surface area (Å²) in [5.41, 5.74) is 3.48. The highest BCUT2D eigenvalue weighted by Gasteiger charge is 2.13. The highest BCUT2D eigenvalue weighted by Crippen LogP contribution is 2.25. The van der Waals surface area contributed by atoms with Crippen LogP contribution in [0.25, 0.3) is 11.1 Å². The van der Waals surface area contributed by atoms with Crippen LogP contribution in [0.1, 0.15) is 23.6 Å². The molecule has 0 unspecified atom stereocenters. The highest BCUT2D eigenvalue weighted by atomic mass is 19.2. The first kappa shape index (κ1) is 20.9. The van der Waals surface area contributed by atoms with Crippen molar-refractivity contribution < 1.29 is 22.6 Å². The summed E-state index contributed by atoms with van der Waals surface area (Å²) in [6.07, 6.45) is 0.928. The molecule has 0 N–H and O–H groups in total. The standard InChI is InChI=1S/C24H23F3O2/c1-3-29-15-20-11-10-19(14-21(20)25)17-7-4-16(5-8-17)6-9-18-12-13-22(28-2)24(27)23(18)26/h4-5,7-8,10-14H,3,6,9,15H2,1-2H3. The van der Waals surface area contributed by atoms with Crippen molar-refractivity contribution in [2.75, 3.05) is 13.7 Å². The van der Waals surface area contributed by atoms with Crippen molar-refractivity contribution in [3.8, 4) is 16.9 Å². The SMILES string of the molecule is CCOCc1ccc(-c2ccc(CCc3ccc(OC)c(F)c3F)cc2)cc1F. The maximum Gasteiger partial charge on any atom is 0.200 e. The topological polar surface area (TPSA) is 18.5 Å². The molecule has 2 nitrogen and oxygen atoms in total. The highest BCUT2D eigenvalue weighted by molar-refractivity contribution is 5.64. The van der Waals surface area contributed by atoms with E-state index in [4.69, 9.17) is 9.47 Å². The van der Waals surface area contributed by atoms with E-state index in [0.29, 0.717) is 30.6 Å². The van der Waals surface area contributed by atoms with Gasteiger partial charge in [0.2, 0.25) is 5.82 Å². The smallest absolute Gasteiger partial charge is 0.200 e. The van der Waals surface area contributed by atoms with E-state index in [1.54, 1.807) is 6.07 Å². The molecule has 0 amide bonds. The third-order valence-corrected chi connectivity index (χ3v) is 4.83. The van der Waals surface area contributed by atoms with Crippen molar-refractivity contribution in [1.82, 2.24) is 0 Å². The van der Waals surface area contributed by atoms with Crippen LogP contribution in [0.2, 0.25) is 0 Å². The monoisotopic (exact) mass is 400 g/mol. The van der Waals surface area contributed by atoms with Gasteiger partial charge in [0.05, 0.1) is 13.7 Å². The first-order valence-corrected chi connectivity index (χ1v) is 9.49. The molecule has 29 heavy (non-hydrogen) atoms. The fourth-order valence-corrected chi connectivity index (χ4v) is 3.12. The van der Waals surface area contributed by atoms with Gasteiger partial charge in [-0.25, -0.2) is 8.78 Å². The van der Waals surface area contributed by atoms with Crippen LogP contribution in [0.4, 0.5) is 13.2 Å². The molecule has 0 spiro atoms. The molecular weight excluding hydrogens is 377 g/mol. The Bertz CT molecular complexity index is 969. The van der Waals surface area contributed by atoms with Gasteiger partial charge in [-0.2, -0.15) is 4.39 Å². The molecule has 0 aromatic heterocycles. The summed E-state index contributed by atoms with van der Waals surface area (Å²) in [4.78, 5) is 0. The average Bonchev–Trinajstić information content (AvgIpc) is 2.74. The van der Waals surface area contributed by atoms with Crippen LogP contribution < -0.4 is 4.74 Å². The zero-order valence-electron chi connectivity index (χ0n) is 16.5. The summed E-state index contributed by atoms with van der Waals surface area (Å²) in [6.45, 7) is 2.66. The Morgan fingerprint density at radius 2 is 1.45 bits per heavy atom. The Hall–Kier alpha value is -2.79. The molecule has 0 aliphatic rings. The second-order valence-corrected chi connectivity index (χ2v) is 6.70. The number of rotatable bonds is 8. The Kier molecular flexibility index (Phi) is 6.94. The molecule has 0 aliphatic heterocycles. The number of hydrogen-bond donors (Lipinski definition) is 0. The zero-order valence-corrected chi connectivity index (χ0v) is 16.5. The van der Waals surface area contributed by atoms with Gasteiger partial charge in [-0.15, -0.1) is 0 Å². The number of halogens is 3. The van der Waals surface area contributed by atoms with Crippen LogP contribution >= 0.6 is 0 Å². The second-order valence-electron chi connectivity index (χ2n) is 6.70. The van der Waals surface area contributed by atoms with Crippen molar-refractivity contribution in [2.24, 2.45) is 0 Å². The first-order valence-electron chi connectivity index (χ1n) is 9.49. The van der Waals surface area contributed by atoms with Crippen molar-refractivity contribution in [2.45, 2.75) is 26.4 Å². The van der Waals surface area contributed by atoms with E-state index in [0.717, 1.165) is 16.7 Å². The molecule has 3 rings (SSSR count). The molecule has 3 aromatic rings. The summed E-state index contributed by atoms with van der Waals surface area (Å²) in [5, 5.41) is 0. The number of aryl methyl sites for hydroxylation is 2. The molecule has 5 heteroatoms. The van der Waals surface area contributed by atoms with Gasteiger partial charge in [0, 0.05) is 12.2 Å². The minimum atomic E-state index is -0.963. The van der Waals surface area contributed by atoms with E-state index < -0.39 is 11.6 Å². The van der Waals surface area contributed by atoms with E-state index in [2.05, 4.69) is 0 Å². The van der Waals surface area contributed by atoms with Gasteiger partial charge in [-0.3, -0.25) is 0 Å². The Morgan fingerprint density at radius 1 is 0.759 bits per heavy atom. The lowest BCUT2D eigenvalue weighted by Crippen LogP contribution is -2.00. The number of ether oxygens (including phenoxy) is 2. The predicted octanol–water partition coefficient (Wildman–Crippen LogP) is 6.10. The van der Waals surface area contributed by atoms with E-state index in [9.17, 15) is 13.2 Å². The Morgan fingerprint density at radius 3 is 2.10 bits per heavy atom.